The lowest BCUT2D eigenvalue weighted by Gasteiger charge is -2.51. The number of halogens is 4. The molecule has 1 nitrogen and oxygen atoms in total. The molecule has 1 aliphatic heterocycles. The smallest absolute Gasteiger partial charge is 0.167 e. The molecule has 0 spiro atoms. The minimum atomic E-state index is -3.82. The third kappa shape index (κ3) is 5.27. The number of benzene rings is 4. The summed E-state index contributed by atoms with van der Waals surface area (Å²) in [5.74, 6) is -3.40. The molecule has 0 bridgehead atoms. The molecule has 1 heterocycles. The van der Waals surface area contributed by atoms with Crippen LogP contribution in [0.4, 0.5) is 17.6 Å². The van der Waals surface area contributed by atoms with E-state index in [9.17, 15) is 0 Å². The fraction of sp³-hybridized carbons (Fsp3) is 0.235. The first-order valence-electron chi connectivity index (χ1n) is 14.0. The number of hydrogen-bond acceptors (Lipinski definition) is 1. The first-order valence-corrected chi connectivity index (χ1v) is 18.0. The maximum absolute atomic E-state index is 15.9. The van der Waals surface area contributed by atoms with Crippen molar-refractivity contribution in [2.24, 2.45) is 0 Å². The summed E-state index contributed by atoms with van der Waals surface area (Å²) in [5.41, 5.74) is 2.00. The Morgan fingerprint density at radius 1 is 0.683 bits per heavy atom. The van der Waals surface area contributed by atoms with E-state index in [2.05, 4.69) is 30.9 Å². The molecule has 0 aliphatic carbocycles. The van der Waals surface area contributed by atoms with Gasteiger partial charge in [0.15, 0.2) is 33.9 Å². The van der Waals surface area contributed by atoms with Crippen LogP contribution in [0.15, 0.2) is 97.1 Å². The normalized spacial score (nSPS) is 18.6. The van der Waals surface area contributed by atoms with E-state index in [1.807, 2.05) is 47.8 Å². The maximum atomic E-state index is 15.9. The highest BCUT2D eigenvalue weighted by Gasteiger charge is 2.62. The van der Waals surface area contributed by atoms with Crippen molar-refractivity contribution in [3.63, 3.8) is 0 Å². The summed E-state index contributed by atoms with van der Waals surface area (Å²) in [5, 5.41) is -0.706. The van der Waals surface area contributed by atoms with Crippen LogP contribution in [0.25, 0.3) is 0 Å². The van der Waals surface area contributed by atoms with E-state index in [-0.39, 0.29) is 21.9 Å². The molecule has 4 aromatic carbocycles. The van der Waals surface area contributed by atoms with Gasteiger partial charge in [-0.1, -0.05) is 86.1 Å². The summed E-state index contributed by atoms with van der Waals surface area (Å²) in [7, 11) is -6.58. The topological polar surface area (TPSA) is 3.24 Å². The summed E-state index contributed by atoms with van der Waals surface area (Å²) < 4.78 is 65.6. The van der Waals surface area contributed by atoms with Gasteiger partial charge in [0.1, 0.15) is 0 Å². The first kappa shape index (κ1) is 29.9. The molecule has 0 aromatic heterocycles. The summed E-state index contributed by atoms with van der Waals surface area (Å²) in [4.78, 5) is 0. The number of rotatable bonds is 9. The SMILES string of the molecule is [CH2-][P+](c1c(F)cccc1F)(c1c(F)cccc1F)N(CCCC)[P+]1([CH2-])[C@H](c2ccccc2)CC[C@H]1c1ccccc1. The average Bonchev–Trinajstić information content (AvgIpc) is 3.31. The standard InChI is InChI=1S/C34H35F4NP2/c1-4-5-24-39(41(3,33-27(35)18-12-19-28(33)36)34-29(37)20-13-21-30(34)38)40(2)31(25-14-8-6-9-15-25)22-23-32(40)26-16-10-7-11-17-26/h6-21,31-32H,2-5,22-24H2,1H3/t31-,32-/m0/s1. The molecule has 1 aliphatic rings. The van der Waals surface area contributed by atoms with Crippen LogP contribution >= 0.6 is 14.8 Å². The average molecular weight is 596 g/mol. The van der Waals surface area contributed by atoms with Gasteiger partial charge in [0.2, 0.25) is 0 Å². The molecule has 1 fully saturated rings. The lowest BCUT2D eigenvalue weighted by atomic mass is 10.0. The quantitative estimate of drug-likeness (QED) is 0.106. The molecule has 2 atom stereocenters. The van der Waals surface area contributed by atoms with Gasteiger partial charge in [-0.05, 0) is 54.7 Å². The van der Waals surface area contributed by atoms with Gasteiger partial charge in [-0.2, -0.15) is 6.66 Å². The Morgan fingerprint density at radius 3 is 1.44 bits per heavy atom. The monoisotopic (exact) mass is 595 g/mol. The number of hydrogen-bond donors (Lipinski definition) is 0. The fourth-order valence-corrected chi connectivity index (χ4v) is 17.1. The van der Waals surface area contributed by atoms with Crippen molar-refractivity contribution in [2.75, 3.05) is 6.54 Å². The highest BCUT2D eigenvalue weighted by molar-refractivity contribution is 7.97. The van der Waals surface area contributed by atoms with Gasteiger partial charge in [-0.15, -0.1) is 11.1 Å². The van der Waals surface area contributed by atoms with Gasteiger partial charge < -0.3 is 0 Å². The predicted molar refractivity (Wildman–Crippen MR) is 166 cm³/mol. The van der Waals surface area contributed by atoms with Gasteiger partial charge in [0.05, 0.1) is 25.3 Å². The van der Waals surface area contributed by atoms with Gasteiger partial charge in [-0.3, -0.25) is 0 Å². The fourth-order valence-electron chi connectivity index (χ4n) is 6.47. The number of nitrogens with zero attached hydrogens (tertiary/aromatic N) is 1. The summed E-state index contributed by atoms with van der Waals surface area (Å²) in [6, 6.07) is 27.2. The van der Waals surface area contributed by atoms with Crippen LogP contribution < -0.4 is 10.6 Å². The van der Waals surface area contributed by atoms with Gasteiger partial charge in [0, 0.05) is 7.41 Å². The van der Waals surface area contributed by atoms with Gasteiger partial charge in [0.25, 0.3) is 0 Å². The minimum absolute atomic E-state index is 0.0726. The molecule has 0 N–H and O–H groups in total. The highest BCUT2D eigenvalue weighted by Crippen LogP contribution is 2.91. The second kappa shape index (κ2) is 12.3. The summed E-state index contributed by atoms with van der Waals surface area (Å²) in [6.45, 7) is 11.9. The van der Waals surface area contributed by atoms with Crippen molar-refractivity contribution in [1.82, 2.24) is 4.44 Å². The lowest BCUT2D eigenvalue weighted by molar-refractivity contribution is 0.580. The van der Waals surface area contributed by atoms with Crippen LogP contribution in [-0.4, -0.2) is 11.0 Å². The predicted octanol–water partition coefficient (Wildman–Crippen LogP) is 10.0. The minimum Gasteiger partial charge on any atom is -0.203 e. The maximum Gasteiger partial charge on any atom is 0.167 e. The second-order valence-electron chi connectivity index (χ2n) is 10.7. The Morgan fingerprint density at radius 2 is 1.07 bits per heavy atom. The summed E-state index contributed by atoms with van der Waals surface area (Å²) in [6.07, 6.45) is 3.03. The van der Waals surface area contributed by atoms with E-state index >= 15 is 17.6 Å². The molecule has 0 unspecified atom stereocenters. The van der Waals surface area contributed by atoms with E-state index in [1.54, 1.807) is 0 Å². The Bertz CT molecular complexity index is 1340. The third-order valence-electron chi connectivity index (χ3n) is 8.31. The number of unbranched alkanes of at least 4 members (excludes halogenated alkanes) is 1. The van der Waals surface area contributed by atoms with Crippen molar-refractivity contribution < 1.29 is 17.6 Å². The molecular weight excluding hydrogens is 560 g/mol. The zero-order valence-electron chi connectivity index (χ0n) is 23.2. The first-order chi connectivity index (χ1) is 19.7. The van der Waals surface area contributed by atoms with Crippen LogP contribution in [0.2, 0.25) is 0 Å². The molecule has 0 radical (unpaired) electrons. The van der Waals surface area contributed by atoms with E-state index in [0.29, 0.717) is 13.0 Å². The summed E-state index contributed by atoms with van der Waals surface area (Å²) >= 11 is 0. The van der Waals surface area contributed by atoms with E-state index < -0.39 is 38.1 Å². The van der Waals surface area contributed by atoms with Gasteiger partial charge in [-0.25, -0.2) is 17.6 Å². The molecular formula is C34H35F4NP2. The molecule has 4 aromatic rings. The van der Waals surface area contributed by atoms with Crippen molar-refractivity contribution in [1.29, 1.82) is 0 Å². The van der Waals surface area contributed by atoms with Crippen molar-refractivity contribution in [3.8, 4) is 0 Å². The molecule has 7 heteroatoms. The zero-order valence-corrected chi connectivity index (χ0v) is 25.0. The Hall–Kier alpha value is -2.58. The Balaban J connectivity index is 1.87. The van der Waals surface area contributed by atoms with Crippen molar-refractivity contribution >= 4 is 25.4 Å². The largest absolute Gasteiger partial charge is 0.203 e. The van der Waals surface area contributed by atoms with E-state index in [0.717, 1.165) is 54.7 Å². The van der Waals surface area contributed by atoms with Crippen LogP contribution in [-0.2, 0) is 0 Å². The highest BCUT2D eigenvalue weighted by atomic mass is 31.2. The van der Waals surface area contributed by atoms with E-state index in [1.165, 1.54) is 12.1 Å². The van der Waals surface area contributed by atoms with Gasteiger partial charge >= 0.3 is 0 Å². The van der Waals surface area contributed by atoms with Crippen molar-refractivity contribution in [3.05, 3.63) is 145 Å². The zero-order chi connectivity index (χ0) is 29.2. The molecule has 5 rings (SSSR count). The van der Waals surface area contributed by atoms with Crippen LogP contribution in [0, 0.1) is 36.6 Å². The molecule has 1 saturated heterocycles. The van der Waals surface area contributed by atoms with Crippen LogP contribution in [0.5, 0.6) is 0 Å². The Kier molecular flexibility index (Phi) is 9.00. The molecule has 0 saturated carbocycles. The molecule has 41 heavy (non-hydrogen) atoms. The second-order valence-corrected chi connectivity index (χ2v) is 17.4. The third-order valence-corrected chi connectivity index (χ3v) is 17.9. The molecule has 0 amide bonds. The Labute approximate surface area is 242 Å². The van der Waals surface area contributed by atoms with Crippen LogP contribution in [0.3, 0.4) is 0 Å². The van der Waals surface area contributed by atoms with E-state index in [4.69, 9.17) is 6.66 Å². The molecule has 214 valence electrons. The lowest BCUT2D eigenvalue weighted by Crippen LogP contribution is -2.41. The van der Waals surface area contributed by atoms with Crippen LogP contribution in [0.1, 0.15) is 55.1 Å². The van der Waals surface area contributed by atoms with Crippen molar-refractivity contribution in [2.45, 2.75) is 43.9 Å².